The van der Waals surface area contributed by atoms with Gasteiger partial charge in [0.05, 0.1) is 11.2 Å². The molecule has 0 amide bonds. The number of benzene rings is 1. The summed E-state index contributed by atoms with van der Waals surface area (Å²) in [6, 6.07) is 8.59. The average molecular weight is 288 g/mol. The van der Waals surface area contributed by atoms with E-state index in [1.807, 2.05) is 0 Å². The van der Waals surface area contributed by atoms with Gasteiger partial charge in [-0.25, -0.2) is 8.42 Å². The van der Waals surface area contributed by atoms with Gasteiger partial charge >= 0.3 is 5.25 Å². The summed E-state index contributed by atoms with van der Waals surface area (Å²) >= 11 is 0. The summed E-state index contributed by atoms with van der Waals surface area (Å²) in [5, 5.41) is 5.13. The van der Waals surface area contributed by atoms with E-state index in [1.54, 1.807) is 0 Å². The number of rotatable bonds is 4. The monoisotopic (exact) mass is 288 g/mol. The lowest BCUT2D eigenvalue weighted by atomic mass is 10.3. The van der Waals surface area contributed by atoms with E-state index in [4.69, 9.17) is 0 Å². The first-order valence-corrected chi connectivity index (χ1v) is 6.74. The van der Waals surface area contributed by atoms with Crippen molar-refractivity contribution in [2.24, 2.45) is 0 Å². The molecule has 0 aliphatic carbocycles. The van der Waals surface area contributed by atoms with Gasteiger partial charge in [-0.05, 0) is 24.3 Å². The number of sulfone groups is 1. The summed E-state index contributed by atoms with van der Waals surface area (Å²) in [6.45, 7) is 0. The molecule has 4 nitrogen and oxygen atoms in total. The Morgan fingerprint density at radius 2 is 1.74 bits per heavy atom. The Hall–Kier alpha value is -1.73. The van der Waals surface area contributed by atoms with Gasteiger partial charge in [-0.1, -0.05) is 18.2 Å². The van der Waals surface area contributed by atoms with E-state index >= 15 is 0 Å². The molecule has 0 saturated carbocycles. The van der Waals surface area contributed by atoms with Crippen molar-refractivity contribution < 1.29 is 26.7 Å². The van der Waals surface area contributed by atoms with E-state index in [1.165, 1.54) is 24.3 Å². The zero-order chi connectivity index (χ0) is 14.1. The Morgan fingerprint density at radius 1 is 1.11 bits per heavy atom. The number of alkyl halides is 2. The minimum Gasteiger partial charge on any atom is -0.466 e. The number of hydrogen-bond acceptors (Lipinski definition) is 4. The number of aliphatic hydroxyl groups is 1. The Balaban J connectivity index is 2.44. The van der Waals surface area contributed by atoms with Crippen LogP contribution in [-0.2, 0) is 9.84 Å². The largest absolute Gasteiger partial charge is 0.466 e. The molecule has 0 saturated heterocycles. The molecule has 2 aromatic rings. The lowest BCUT2D eigenvalue weighted by Gasteiger charge is -2.21. The molecule has 0 bridgehead atoms. The van der Waals surface area contributed by atoms with Crippen LogP contribution in [0.3, 0.4) is 0 Å². The van der Waals surface area contributed by atoms with E-state index in [0.29, 0.717) is 0 Å². The molecule has 7 heteroatoms. The first kappa shape index (κ1) is 13.7. The van der Waals surface area contributed by atoms with Crippen molar-refractivity contribution in [2.45, 2.75) is 16.3 Å². The van der Waals surface area contributed by atoms with Crippen LogP contribution < -0.4 is 0 Å². The molecule has 0 radical (unpaired) electrons. The highest BCUT2D eigenvalue weighted by Crippen LogP contribution is 2.39. The summed E-state index contributed by atoms with van der Waals surface area (Å²) in [6.07, 6.45) is -1.49. The summed E-state index contributed by atoms with van der Waals surface area (Å²) in [7, 11) is -5.01. The van der Waals surface area contributed by atoms with Gasteiger partial charge in [-0.2, -0.15) is 8.78 Å². The summed E-state index contributed by atoms with van der Waals surface area (Å²) < 4.78 is 56.2. The molecule has 1 aromatic heterocycles. The van der Waals surface area contributed by atoms with Gasteiger partial charge in [-0.3, -0.25) is 0 Å². The first-order chi connectivity index (χ1) is 8.87. The van der Waals surface area contributed by atoms with E-state index in [2.05, 4.69) is 4.42 Å². The van der Waals surface area contributed by atoms with Crippen LogP contribution in [0.1, 0.15) is 11.9 Å². The lowest BCUT2D eigenvalue weighted by Crippen LogP contribution is -2.35. The second kappa shape index (κ2) is 4.75. The van der Waals surface area contributed by atoms with Crippen LogP contribution in [0.4, 0.5) is 8.78 Å². The molecule has 0 unspecified atom stereocenters. The maximum absolute atomic E-state index is 13.9. The van der Waals surface area contributed by atoms with Crippen LogP contribution in [0, 0.1) is 0 Å². The minimum atomic E-state index is -5.01. The minimum absolute atomic E-state index is 0.510. The molecule has 0 fully saturated rings. The standard InChI is InChI=1S/C12H10F2O4S/c13-12(14,11(15)10-7-4-8-18-10)19(16,17)9-5-2-1-3-6-9/h1-8,11,15H/t11-/m0/s1. The van der Waals surface area contributed by atoms with E-state index < -0.39 is 31.9 Å². The molecule has 0 aliphatic rings. The van der Waals surface area contributed by atoms with E-state index in [0.717, 1.165) is 24.5 Å². The van der Waals surface area contributed by atoms with E-state index in [-0.39, 0.29) is 0 Å². The van der Waals surface area contributed by atoms with Crippen LogP contribution in [-0.4, -0.2) is 18.8 Å². The van der Waals surface area contributed by atoms with Crippen LogP contribution in [0.2, 0.25) is 0 Å². The van der Waals surface area contributed by atoms with Crippen molar-refractivity contribution in [3.8, 4) is 0 Å². The smallest absolute Gasteiger partial charge is 0.382 e. The Labute approximate surface area is 108 Å². The van der Waals surface area contributed by atoms with Crippen molar-refractivity contribution >= 4 is 9.84 Å². The van der Waals surface area contributed by atoms with E-state index in [9.17, 15) is 22.3 Å². The third-order valence-electron chi connectivity index (χ3n) is 2.54. The lowest BCUT2D eigenvalue weighted by molar-refractivity contribution is -0.0535. The predicted molar refractivity (Wildman–Crippen MR) is 62.2 cm³/mol. The molecular weight excluding hydrogens is 278 g/mol. The maximum atomic E-state index is 13.9. The van der Waals surface area contributed by atoms with Gasteiger partial charge in [0.1, 0.15) is 5.76 Å². The summed E-state index contributed by atoms with van der Waals surface area (Å²) in [4.78, 5) is -0.564. The second-order valence-electron chi connectivity index (χ2n) is 3.80. The highest BCUT2D eigenvalue weighted by atomic mass is 32.2. The van der Waals surface area contributed by atoms with Crippen LogP contribution in [0.25, 0.3) is 0 Å². The van der Waals surface area contributed by atoms with Crippen LogP contribution >= 0.6 is 0 Å². The molecule has 2 rings (SSSR count). The number of furan rings is 1. The molecule has 1 aromatic carbocycles. The molecule has 19 heavy (non-hydrogen) atoms. The fourth-order valence-electron chi connectivity index (χ4n) is 1.52. The molecule has 0 aliphatic heterocycles. The zero-order valence-corrected chi connectivity index (χ0v) is 10.3. The van der Waals surface area contributed by atoms with Gasteiger partial charge in [-0.15, -0.1) is 0 Å². The van der Waals surface area contributed by atoms with Crippen LogP contribution in [0.5, 0.6) is 0 Å². The van der Waals surface area contributed by atoms with Gasteiger partial charge < -0.3 is 9.52 Å². The summed E-state index contributed by atoms with van der Waals surface area (Å²) in [5.41, 5.74) is 0. The maximum Gasteiger partial charge on any atom is 0.382 e. The number of hydrogen-bond donors (Lipinski definition) is 1. The van der Waals surface area contributed by atoms with Gasteiger partial charge in [0, 0.05) is 0 Å². The normalized spacial score (nSPS) is 14.3. The number of halogens is 2. The highest BCUT2D eigenvalue weighted by molar-refractivity contribution is 7.92. The highest BCUT2D eigenvalue weighted by Gasteiger charge is 2.54. The summed E-state index contributed by atoms with van der Waals surface area (Å²) in [5.74, 6) is -0.510. The fourth-order valence-corrected chi connectivity index (χ4v) is 2.76. The molecule has 102 valence electrons. The van der Waals surface area contributed by atoms with Crippen molar-refractivity contribution in [1.82, 2.24) is 0 Å². The Morgan fingerprint density at radius 3 is 2.26 bits per heavy atom. The Kier molecular flexibility index (Phi) is 3.42. The van der Waals surface area contributed by atoms with Crippen molar-refractivity contribution in [3.63, 3.8) is 0 Å². The predicted octanol–water partition coefficient (Wildman–Crippen LogP) is 2.38. The van der Waals surface area contributed by atoms with Crippen molar-refractivity contribution in [3.05, 3.63) is 54.5 Å². The molecule has 1 N–H and O–H groups in total. The average Bonchev–Trinajstić information content (AvgIpc) is 2.92. The zero-order valence-electron chi connectivity index (χ0n) is 9.53. The van der Waals surface area contributed by atoms with Gasteiger partial charge in [0.15, 0.2) is 6.10 Å². The molecular formula is C12H10F2O4S. The molecule has 1 heterocycles. The van der Waals surface area contributed by atoms with Crippen molar-refractivity contribution in [2.75, 3.05) is 0 Å². The SMILES string of the molecule is O=S(=O)(c1ccccc1)C(F)(F)[C@@H](O)c1ccco1. The topological polar surface area (TPSA) is 67.5 Å². The van der Waals surface area contributed by atoms with Crippen LogP contribution in [0.15, 0.2) is 58.0 Å². The third kappa shape index (κ3) is 2.26. The quantitative estimate of drug-likeness (QED) is 0.938. The van der Waals surface area contributed by atoms with Gasteiger partial charge in [0.25, 0.3) is 0 Å². The molecule has 0 spiro atoms. The third-order valence-corrected chi connectivity index (χ3v) is 4.38. The fraction of sp³-hybridized carbons (Fsp3) is 0.167. The Bertz CT molecular complexity index is 636. The first-order valence-electron chi connectivity index (χ1n) is 5.26. The van der Waals surface area contributed by atoms with Gasteiger partial charge in [0.2, 0.25) is 9.84 Å². The van der Waals surface area contributed by atoms with Crippen molar-refractivity contribution in [1.29, 1.82) is 0 Å². The number of aliphatic hydroxyl groups excluding tert-OH is 1. The second-order valence-corrected chi connectivity index (χ2v) is 5.82. The molecule has 1 atom stereocenters.